The van der Waals surface area contributed by atoms with Crippen LogP contribution >= 0.6 is 0 Å². The van der Waals surface area contributed by atoms with Crippen molar-refractivity contribution < 1.29 is 9.59 Å². The lowest BCUT2D eigenvalue weighted by Gasteiger charge is -2.34. The fourth-order valence-electron chi connectivity index (χ4n) is 2.32. The van der Waals surface area contributed by atoms with Crippen LogP contribution in [0.2, 0.25) is 0 Å². The van der Waals surface area contributed by atoms with Crippen LogP contribution in [0.5, 0.6) is 0 Å². The fraction of sp³-hybridized carbons (Fsp3) is 0.467. The van der Waals surface area contributed by atoms with Gasteiger partial charge in [-0.25, -0.2) is 0 Å². The molecule has 1 aliphatic rings. The van der Waals surface area contributed by atoms with Crippen molar-refractivity contribution in [3.8, 4) is 0 Å². The summed E-state index contributed by atoms with van der Waals surface area (Å²) >= 11 is 0. The standard InChI is InChI=1S/C15H21N3O2/c1-12-5-3-4-6-14(12)16-11-15(20)18-9-7-17(8-10-18)13(2)19/h3-6,16H,7-11H2,1-2H3. The van der Waals surface area contributed by atoms with Crippen molar-refractivity contribution in [2.24, 2.45) is 0 Å². The fourth-order valence-corrected chi connectivity index (χ4v) is 2.32. The minimum absolute atomic E-state index is 0.0788. The molecule has 2 amide bonds. The SMILES string of the molecule is CC(=O)N1CCN(C(=O)CNc2ccccc2C)CC1. The molecule has 20 heavy (non-hydrogen) atoms. The molecule has 1 saturated heterocycles. The largest absolute Gasteiger partial charge is 0.376 e. The van der Waals surface area contributed by atoms with E-state index in [1.165, 1.54) is 0 Å². The van der Waals surface area contributed by atoms with Gasteiger partial charge in [-0.15, -0.1) is 0 Å². The number of aryl methyl sites for hydroxylation is 1. The zero-order valence-electron chi connectivity index (χ0n) is 12.1. The van der Waals surface area contributed by atoms with Gasteiger partial charge in [0.15, 0.2) is 0 Å². The molecule has 0 radical (unpaired) electrons. The van der Waals surface area contributed by atoms with Gasteiger partial charge in [-0.2, -0.15) is 0 Å². The number of nitrogens with zero attached hydrogens (tertiary/aromatic N) is 2. The van der Waals surface area contributed by atoms with E-state index >= 15 is 0 Å². The number of benzene rings is 1. The third-order valence-electron chi connectivity index (χ3n) is 3.65. The second kappa shape index (κ2) is 6.41. The number of para-hydroxylation sites is 1. The summed E-state index contributed by atoms with van der Waals surface area (Å²) in [6, 6.07) is 7.91. The second-order valence-corrected chi connectivity index (χ2v) is 5.06. The molecule has 2 rings (SSSR count). The zero-order valence-corrected chi connectivity index (χ0v) is 12.1. The van der Waals surface area contributed by atoms with Crippen molar-refractivity contribution in [2.45, 2.75) is 13.8 Å². The second-order valence-electron chi connectivity index (χ2n) is 5.06. The lowest BCUT2D eigenvalue weighted by molar-refractivity contribution is -0.137. The Hall–Kier alpha value is -2.04. The van der Waals surface area contributed by atoms with E-state index in [0.29, 0.717) is 32.7 Å². The molecule has 0 aliphatic carbocycles. The highest BCUT2D eigenvalue weighted by Gasteiger charge is 2.21. The summed E-state index contributed by atoms with van der Waals surface area (Å²) in [7, 11) is 0. The maximum absolute atomic E-state index is 12.1. The summed E-state index contributed by atoms with van der Waals surface area (Å²) in [5.74, 6) is 0.159. The first kappa shape index (κ1) is 14.4. The number of amides is 2. The average molecular weight is 275 g/mol. The van der Waals surface area contributed by atoms with E-state index in [9.17, 15) is 9.59 Å². The molecular weight excluding hydrogens is 254 g/mol. The van der Waals surface area contributed by atoms with Crippen LogP contribution in [0.15, 0.2) is 24.3 Å². The molecule has 1 heterocycles. The summed E-state index contributed by atoms with van der Waals surface area (Å²) in [5.41, 5.74) is 2.12. The topological polar surface area (TPSA) is 52.7 Å². The van der Waals surface area contributed by atoms with E-state index in [4.69, 9.17) is 0 Å². The van der Waals surface area contributed by atoms with Crippen LogP contribution in [0, 0.1) is 6.92 Å². The van der Waals surface area contributed by atoms with Gasteiger partial charge >= 0.3 is 0 Å². The Labute approximate surface area is 119 Å². The zero-order chi connectivity index (χ0) is 14.5. The van der Waals surface area contributed by atoms with E-state index < -0.39 is 0 Å². The van der Waals surface area contributed by atoms with Crippen molar-refractivity contribution in [3.05, 3.63) is 29.8 Å². The van der Waals surface area contributed by atoms with Gasteiger partial charge in [0.25, 0.3) is 0 Å². The summed E-state index contributed by atoms with van der Waals surface area (Å²) < 4.78 is 0. The molecular formula is C15H21N3O2. The van der Waals surface area contributed by atoms with Gasteiger partial charge in [-0.3, -0.25) is 9.59 Å². The molecule has 5 nitrogen and oxygen atoms in total. The number of hydrogen-bond donors (Lipinski definition) is 1. The van der Waals surface area contributed by atoms with Gasteiger partial charge in [-0.1, -0.05) is 18.2 Å². The number of hydrogen-bond acceptors (Lipinski definition) is 3. The van der Waals surface area contributed by atoms with E-state index in [2.05, 4.69) is 5.32 Å². The molecule has 1 aromatic rings. The summed E-state index contributed by atoms with van der Waals surface area (Å²) in [5, 5.41) is 3.17. The number of anilines is 1. The van der Waals surface area contributed by atoms with Crippen molar-refractivity contribution in [2.75, 3.05) is 38.0 Å². The quantitative estimate of drug-likeness (QED) is 0.898. The Balaban J connectivity index is 1.82. The van der Waals surface area contributed by atoms with Crippen LogP contribution in [-0.2, 0) is 9.59 Å². The first-order valence-electron chi connectivity index (χ1n) is 6.90. The molecule has 1 aliphatic heterocycles. The molecule has 0 saturated carbocycles. The van der Waals surface area contributed by atoms with E-state index in [-0.39, 0.29) is 11.8 Å². The lowest BCUT2D eigenvalue weighted by Crippen LogP contribution is -2.51. The Bertz CT molecular complexity index is 494. The maximum atomic E-state index is 12.1. The molecule has 5 heteroatoms. The third-order valence-corrected chi connectivity index (χ3v) is 3.65. The van der Waals surface area contributed by atoms with Gasteiger partial charge in [0, 0.05) is 38.8 Å². The maximum Gasteiger partial charge on any atom is 0.241 e. The summed E-state index contributed by atoms with van der Waals surface area (Å²) in [6.45, 7) is 6.37. The van der Waals surface area contributed by atoms with E-state index in [0.717, 1.165) is 11.3 Å². The Morgan fingerprint density at radius 3 is 2.30 bits per heavy atom. The predicted octanol–water partition coefficient (Wildman–Crippen LogP) is 1.10. The van der Waals surface area contributed by atoms with Gasteiger partial charge < -0.3 is 15.1 Å². The van der Waals surface area contributed by atoms with Crippen LogP contribution in [0.3, 0.4) is 0 Å². The van der Waals surface area contributed by atoms with Crippen molar-refractivity contribution in [1.82, 2.24) is 9.80 Å². The monoisotopic (exact) mass is 275 g/mol. The molecule has 0 atom stereocenters. The van der Waals surface area contributed by atoms with Gasteiger partial charge in [-0.05, 0) is 18.6 Å². The van der Waals surface area contributed by atoms with Crippen molar-refractivity contribution in [3.63, 3.8) is 0 Å². The van der Waals surface area contributed by atoms with Gasteiger partial charge in [0.1, 0.15) is 0 Å². The van der Waals surface area contributed by atoms with Crippen LogP contribution in [-0.4, -0.2) is 54.3 Å². The molecule has 1 aromatic carbocycles. The molecule has 108 valence electrons. The molecule has 0 unspecified atom stereocenters. The van der Waals surface area contributed by atoms with Crippen molar-refractivity contribution in [1.29, 1.82) is 0 Å². The number of piperazine rings is 1. The molecule has 0 spiro atoms. The highest BCUT2D eigenvalue weighted by molar-refractivity contribution is 5.81. The van der Waals surface area contributed by atoms with E-state index in [1.54, 1.807) is 11.8 Å². The number of carbonyl (C=O) groups excluding carboxylic acids is 2. The highest BCUT2D eigenvalue weighted by Crippen LogP contribution is 2.13. The minimum Gasteiger partial charge on any atom is -0.376 e. The van der Waals surface area contributed by atoms with Crippen molar-refractivity contribution >= 4 is 17.5 Å². The van der Waals surface area contributed by atoms with Gasteiger partial charge in [0.2, 0.25) is 11.8 Å². The molecule has 1 N–H and O–H groups in total. The predicted molar refractivity (Wildman–Crippen MR) is 78.5 cm³/mol. The normalized spacial score (nSPS) is 15.1. The Kier molecular flexibility index (Phi) is 4.61. The summed E-state index contributed by atoms with van der Waals surface area (Å²) in [6.07, 6.45) is 0. The lowest BCUT2D eigenvalue weighted by atomic mass is 10.2. The third kappa shape index (κ3) is 3.50. The molecule has 0 aromatic heterocycles. The van der Waals surface area contributed by atoms with Crippen LogP contribution in [0.25, 0.3) is 0 Å². The summed E-state index contributed by atoms with van der Waals surface area (Å²) in [4.78, 5) is 26.9. The first-order chi connectivity index (χ1) is 9.58. The smallest absolute Gasteiger partial charge is 0.241 e. The number of rotatable bonds is 3. The minimum atomic E-state index is 0.0788. The van der Waals surface area contributed by atoms with Crippen LogP contribution < -0.4 is 5.32 Å². The van der Waals surface area contributed by atoms with Crippen LogP contribution in [0.4, 0.5) is 5.69 Å². The number of carbonyl (C=O) groups is 2. The van der Waals surface area contributed by atoms with Crippen LogP contribution in [0.1, 0.15) is 12.5 Å². The molecule has 1 fully saturated rings. The van der Waals surface area contributed by atoms with E-state index in [1.807, 2.05) is 36.1 Å². The first-order valence-corrected chi connectivity index (χ1v) is 6.90. The molecule has 0 bridgehead atoms. The number of nitrogens with one attached hydrogen (secondary N) is 1. The van der Waals surface area contributed by atoms with Gasteiger partial charge in [0.05, 0.1) is 6.54 Å². The highest BCUT2D eigenvalue weighted by atomic mass is 16.2. The Morgan fingerprint density at radius 2 is 1.70 bits per heavy atom. The Morgan fingerprint density at radius 1 is 1.10 bits per heavy atom. The average Bonchev–Trinajstić information content (AvgIpc) is 2.46.